The van der Waals surface area contributed by atoms with Gasteiger partial charge >= 0.3 is 0 Å². The van der Waals surface area contributed by atoms with E-state index in [2.05, 4.69) is 5.32 Å². The fourth-order valence-electron chi connectivity index (χ4n) is 2.54. The Morgan fingerprint density at radius 2 is 1.85 bits per heavy atom. The van der Waals surface area contributed by atoms with Crippen molar-refractivity contribution in [3.05, 3.63) is 0 Å². The quantitative estimate of drug-likeness (QED) is 0.652. The maximum absolute atomic E-state index is 5.73. The lowest BCUT2D eigenvalue weighted by Gasteiger charge is -2.12. The molecular formula is C10H19NO2. The van der Waals surface area contributed by atoms with Crippen molar-refractivity contribution in [1.29, 1.82) is 0 Å². The highest BCUT2D eigenvalue weighted by Crippen LogP contribution is 2.35. The molecule has 1 saturated carbocycles. The van der Waals surface area contributed by atoms with Crippen LogP contribution in [0, 0.1) is 11.8 Å². The highest BCUT2D eigenvalue weighted by molar-refractivity contribution is 4.90. The predicted octanol–water partition coefficient (Wildman–Crippen LogP) is 0.647. The zero-order chi connectivity index (χ0) is 9.10. The number of fused-ring (bicyclic) bond motifs is 1. The van der Waals surface area contributed by atoms with Gasteiger partial charge in [-0.25, -0.2) is 0 Å². The molecule has 1 unspecified atom stereocenters. The van der Waals surface area contributed by atoms with Crippen molar-refractivity contribution in [2.45, 2.75) is 18.9 Å². The van der Waals surface area contributed by atoms with E-state index in [1.54, 1.807) is 7.11 Å². The molecule has 2 rings (SSSR count). The SMILES string of the molecule is COCCOC1C[C@H]2CNC[C@H]2C1. The molecule has 1 aliphatic heterocycles. The van der Waals surface area contributed by atoms with Crippen molar-refractivity contribution < 1.29 is 9.47 Å². The molecule has 0 aromatic rings. The Morgan fingerprint density at radius 1 is 1.15 bits per heavy atom. The second-order valence-corrected chi connectivity index (χ2v) is 4.14. The average molecular weight is 185 g/mol. The molecule has 3 atom stereocenters. The summed E-state index contributed by atoms with van der Waals surface area (Å²) in [5, 5.41) is 3.43. The van der Waals surface area contributed by atoms with E-state index >= 15 is 0 Å². The monoisotopic (exact) mass is 185 g/mol. The summed E-state index contributed by atoms with van der Waals surface area (Å²) < 4.78 is 10.7. The molecule has 0 radical (unpaired) electrons. The van der Waals surface area contributed by atoms with Gasteiger partial charge in [0.2, 0.25) is 0 Å². The Morgan fingerprint density at radius 3 is 2.46 bits per heavy atom. The van der Waals surface area contributed by atoms with Gasteiger partial charge in [0.25, 0.3) is 0 Å². The topological polar surface area (TPSA) is 30.5 Å². The van der Waals surface area contributed by atoms with Crippen LogP contribution in [0.4, 0.5) is 0 Å². The third kappa shape index (κ3) is 2.22. The van der Waals surface area contributed by atoms with Crippen molar-refractivity contribution in [2.75, 3.05) is 33.4 Å². The molecule has 3 nitrogen and oxygen atoms in total. The molecule has 0 aromatic carbocycles. The summed E-state index contributed by atoms with van der Waals surface area (Å²) >= 11 is 0. The zero-order valence-corrected chi connectivity index (χ0v) is 8.29. The van der Waals surface area contributed by atoms with Gasteiger partial charge in [-0.2, -0.15) is 0 Å². The van der Waals surface area contributed by atoms with Gasteiger partial charge in [0.15, 0.2) is 0 Å². The molecule has 2 fully saturated rings. The predicted molar refractivity (Wildman–Crippen MR) is 50.7 cm³/mol. The van der Waals surface area contributed by atoms with Gasteiger partial charge in [-0.15, -0.1) is 0 Å². The molecule has 0 aromatic heterocycles. The largest absolute Gasteiger partial charge is 0.382 e. The molecule has 0 spiro atoms. The Kier molecular flexibility index (Phi) is 3.19. The van der Waals surface area contributed by atoms with Crippen LogP contribution in [-0.4, -0.2) is 39.5 Å². The first-order valence-electron chi connectivity index (χ1n) is 5.21. The molecule has 76 valence electrons. The highest BCUT2D eigenvalue weighted by Gasteiger charge is 2.37. The highest BCUT2D eigenvalue weighted by atomic mass is 16.5. The van der Waals surface area contributed by atoms with Crippen LogP contribution in [0.3, 0.4) is 0 Å². The Labute approximate surface area is 79.8 Å². The van der Waals surface area contributed by atoms with Gasteiger partial charge in [-0.1, -0.05) is 0 Å². The summed E-state index contributed by atoms with van der Waals surface area (Å²) in [5.74, 6) is 1.76. The third-order valence-corrected chi connectivity index (χ3v) is 3.25. The molecule has 1 heterocycles. The van der Waals surface area contributed by atoms with Crippen LogP contribution in [0.5, 0.6) is 0 Å². The van der Waals surface area contributed by atoms with Crippen molar-refractivity contribution in [3.63, 3.8) is 0 Å². The third-order valence-electron chi connectivity index (χ3n) is 3.25. The standard InChI is InChI=1S/C10H19NO2/c1-12-2-3-13-10-4-8-6-11-7-9(8)5-10/h8-11H,2-7H2,1H3/t8-,9+,10?. The van der Waals surface area contributed by atoms with E-state index in [-0.39, 0.29) is 0 Å². The minimum atomic E-state index is 0.507. The second-order valence-electron chi connectivity index (χ2n) is 4.14. The smallest absolute Gasteiger partial charge is 0.0704 e. The van der Waals surface area contributed by atoms with Crippen molar-refractivity contribution in [1.82, 2.24) is 5.32 Å². The lowest BCUT2D eigenvalue weighted by atomic mass is 10.0. The van der Waals surface area contributed by atoms with Crippen LogP contribution in [0.1, 0.15) is 12.8 Å². The van der Waals surface area contributed by atoms with E-state index in [9.17, 15) is 0 Å². The first-order valence-corrected chi connectivity index (χ1v) is 5.21. The number of hydrogen-bond donors (Lipinski definition) is 1. The van der Waals surface area contributed by atoms with Crippen LogP contribution in [0.25, 0.3) is 0 Å². The summed E-state index contributed by atoms with van der Waals surface area (Å²) in [6.45, 7) is 3.89. The number of rotatable bonds is 4. The molecule has 2 aliphatic rings. The van der Waals surface area contributed by atoms with Gasteiger partial charge in [-0.3, -0.25) is 0 Å². The van der Waals surface area contributed by atoms with E-state index in [0.29, 0.717) is 6.10 Å². The fraction of sp³-hybridized carbons (Fsp3) is 1.00. The first kappa shape index (κ1) is 9.44. The molecule has 1 aliphatic carbocycles. The summed E-state index contributed by atoms with van der Waals surface area (Å²) in [4.78, 5) is 0. The van der Waals surface area contributed by atoms with Crippen LogP contribution < -0.4 is 5.32 Å². The van der Waals surface area contributed by atoms with Crippen LogP contribution in [0.15, 0.2) is 0 Å². The number of ether oxygens (including phenoxy) is 2. The van der Waals surface area contributed by atoms with Gasteiger partial charge in [0.05, 0.1) is 19.3 Å². The molecule has 3 heteroatoms. The number of nitrogens with one attached hydrogen (secondary N) is 1. The molecule has 1 N–H and O–H groups in total. The second kappa shape index (κ2) is 4.40. The molecular weight excluding hydrogens is 166 g/mol. The Hall–Kier alpha value is -0.120. The number of methoxy groups -OCH3 is 1. The molecule has 0 bridgehead atoms. The van der Waals surface area contributed by atoms with Gasteiger partial charge in [-0.05, 0) is 37.8 Å². The maximum Gasteiger partial charge on any atom is 0.0704 e. The van der Waals surface area contributed by atoms with Gasteiger partial charge in [0.1, 0.15) is 0 Å². The van der Waals surface area contributed by atoms with E-state index in [0.717, 1.165) is 25.0 Å². The van der Waals surface area contributed by atoms with Crippen molar-refractivity contribution >= 4 is 0 Å². The normalized spacial score (nSPS) is 38.1. The first-order chi connectivity index (χ1) is 6.40. The lowest BCUT2D eigenvalue weighted by Crippen LogP contribution is -2.18. The molecule has 0 amide bonds. The van der Waals surface area contributed by atoms with Crippen LogP contribution in [-0.2, 0) is 9.47 Å². The van der Waals surface area contributed by atoms with Gasteiger partial charge < -0.3 is 14.8 Å². The van der Waals surface area contributed by atoms with E-state index in [1.807, 2.05) is 0 Å². The van der Waals surface area contributed by atoms with Crippen LogP contribution in [0.2, 0.25) is 0 Å². The van der Waals surface area contributed by atoms with E-state index in [1.165, 1.54) is 25.9 Å². The van der Waals surface area contributed by atoms with E-state index in [4.69, 9.17) is 9.47 Å². The minimum Gasteiger partial charge on any atom is -0.382 e. The zero-order valence-electron chi connectivity index (χ0n) is 8.29. The average Bonchev–Trinajstić information content (AvgIpc) is 2.64. The van der Waals surface area contributed by atoms with Gasteiger partial charge in [0, 0.05) is 7.11 Å². The summed E-state index contributed by atoms with van der Waals surface area (Å²) in [7, 11) is 1.72. The number of hydrogen-bond acceptors (Lipinski definition) is 3. The summed E-state index contributed by atoms with van der Waals surface area (Å²) in [6, 6.07) is 0. The minimum absolute atomic E-state index is 0.507. The fourth-order valence-corrected chi connectivity index (χ4v) is 2.54. The van der Waals surface area contributed by atoms with Crippen LogP contribution >= 0.6 is 0 Å². The summed E-state index contributed by atoms with van der Waals surface area (Å²) in [5.41, 5.74) is 0. The van der Waals surface area contributed by atoms with E-state index < -0.39 is 0 Å². The lowest BCUT2D eigenvalue weighted by molar-refractivity contribution is 0.0174. The maximum atomic E-state index is 5.73. The summed E-state index contributed by atoms with van der Waals surface area (Å²) in [6.07, 6.45) is 3.01. The Balaban J connectivity index is 1.67. The molecule has 13 heavy (non-hydrogen) atoms. The molecule has 1 saturated heterocycles. The Bertz CT molecular complexity index is 151. The van der Waals surface area contributed by atoms with Crippen molar-refractivity contribution in [2.24, 2.45) is 11.8 Å². The van der Waals surface area contributed by atoms with Crippen molar-refractivity contribution in [3.8, 4) is 0 Å².